The van der Waals surface area contributed by atoms with Crippen molar-refractivity contribution in [3.8, 4) is 5.75 Å². The van der Waals surface area contributed by atoms with Gasteiger partial charge in [-0.15, -0.1) is 0 Å². The lowest BCUT2D eigenvalue weighted by Crippen LogP contribution is -2.22. The van der Waals surface area contributed by atoms with E-state index in [4.69, 9.17) is 4.74 Å². The molecule has 0 aromatic carbocycles. The van der Waals surface area contributed by atoms with Crippen molar-refractivity contribution in [1.29, 1.82) is 0 Å². The summed E-state index contributed by atoms with van der Waals surface area (Å²) in [7, 11) is 7.54. The number of nitrogens with zero attached hydrogens (tertiary/aromatic N) is 4. The van der Waals surface area contributed by atoms with Crippen LogP contribution in [0.1, 0.15) is 28.7 Å². The van der Waals surface area contributed by atoms with Crippen molar-refractivity contribution in [2.75, 3.05) is 14.2 Å². The lowest BCUT2D eigenvalue weighted by atomic mass is 10.0. The van der Waals surface area contributed by atoms with Crippen LogP contribution in [0.3, 0.4) is 0 Å². The molecule has 1 atom stereocenters. The summed E-state index contributed by atoms with van der Waals surface area (Å²) in [5.41, 5.74) is 4.60. The topological polar surface area (TPSA) is 56.9 Å². The van der Waals surface area contributed by atoms with E-state index in [-0.39, 0.29) is 6.04 Å². The molecule has 2 aromatic heterocycles. The molecule has 20 heavy (non-hydrogen) atoms. The van der Waals surface area contributed by atoms with Gasteiger partial charge >= 0.3 is 0 Å². The second kappa shape index (κ2) is 5.66. The first-order valence-electron chi connectivity index (χ1n) is 6.71. The van der Waals surface area contributed by atoms with Gasteiger partial charge in [0.1, 0.15) is 0 Å². The Labute approximate surface area is 119 Å². The molecule has 2 heterocycles. The Bertz CT molecular complexity index is 599. The molecule has 0 fully saturated rings. The highest BCUT2D eigenvalue weighted by Crippen LogP contribution is 2.28. The predicted molar refractivity (Wildman–Crippen MR) is 77.9 cm³/mol. The van der Waals surface area contributed by atoms with Crippen LogP contribution in [-0.4, -0.2) is 33.7 Å². The average molecular weight is 277 g/mol. The number of methoxy groups -OCH3 is 1. The van der Waals surface area contributed by atoms with Crippen LogP contribution >= 0.6 is 0 Å². The van der Waals surface area contributed by atoms with Crippen molar-refractivity contribution >= 4 is 0 Å². The normalized spacial score (nSPS) is 12.7. The van der Waals surface area contributed by atoms with Gasteiger partial charge in [-0.3, -0.25) is 9.36 Å². The predicted octanol–water partition coefficient (Wildman–Crippen LogP) is 1.28. The third-order valence-corrected chi connectivity index (χ3v) is 3.91. The lowest BCUT2D eigenvalue weighted by Gasteiger charge is -2.18. The molecular weight excluding hydrogens is 254 g/mol. The summed E-state index contributed by atoms with van der Waals surface area (Å²) >= 11 is 0. The summed E-state index contributed by atoms with van der Waals surface area (Å²) in [6.07, 6.45) is 2.61. The second-order valence-corrected chi connectivity index (χ2v) is 5.04. The summed E-state index contributed by atoms with van der Waals surface area (Å²) in [6.45, 7) is 4.15. The van der Waals surface area contributed by atoms with Crippen molar-refractivity contribution in [2.45, 2.75) is 26.3 Å². The number of likely N-dealkylation sites (N-methyl/N-ethyl adjacent to an activating group) is 1. The molecule has 0 bridgehead atoms. The third kappa shape index (κ3) is 2.43. The fourth-order valence-electron chi connectivity index (χ4n) is 2.63. The molecular formula is C14H23N5O. The highest BCUT2D eigenvalue weighted by molar-refractivity contribution is 5.32. The van der Waals surface area contributed by atoms with Crippen molar-refractivity contribution < 1.29 is 4.74 Å². The monoisotopic (exact) mass is 277 g/mol. The smallest absolute Gasteiger partial charge is 0.161 e. The van der Waals surface area contributed by atoms with Gasteiger partial charge in [-0.25, -0.2) is 0 Å². The molecule has 2 rings (SSSR count). The maximum atomic E-state index is 5.41. The van der Waals surface area contributed by atoms with Crippen LogP contribution < -0.4 is 10.1 Å². The Morgan fingerprint density at radius 1 is 1.30 bits per heavy atom. The van der Waals surface area contributed by atoms with E-state index in [2.05, 4.69) is 29.4 Å². The number of nitrogens with one attached hydrogen (secondary N) is 1. The third-order valence-electron chi connectivity index (χ3n) is 3.91. The Balaban J connectivity index is 2.36. The highest BCUT2D eigenvalue weighted by atomic mass is 16.5. The Hall–Kier alpha value is -1.82. The fourth-order valence-corrected chi connectivity index (χ4v) is 2.63. The average Bonchev–Trinajstić information content (AvgIpc) is 2.90. The van der Waals surface area contributed by atoms with Gasteiger partial charge in [0, 0.05) is 19.8 Å². The van der Waals surface area contributed by atoms with Crippen LogP contribution in [0.25, 0.3) is 0 Å². The molecule has 0 aliphatic rings. The molecule has 6 nitrogen and oxygen atoms in total. The van der Waals surface area contributed by atoms with E-state index in [0.717, 1.165) is 23.6 Å². The minimum absolute atomic E-state index is 0.138. The van der Waals surface area contributed by atoms with Crippen LogP contribution in [0.5, 0.6) is 5.75 Å². The van der Waals surface area contributed by atoms with Gasteiger partial charge in [-0.05, 0) is 32.9 Å². The molecule has 1 unspecified atom stereocenters. The number of hydrogen-bond donors (Lipinski definition) is 1. The summed E-state index contributed by atoms with van der Waals surface area (Å²) in [5, 5.41) is 12.1. The Morgan fingerprint density at radius 2 is 2.00 bits per heavy atom. The molecule has 0 spiro atoms. The molecule has 0 radical (unpaired) electrons. The zero-order valence-corrected chi connectivity index (χ0v) is 13.1. The van der Waals surface area contributed by atoms with Crippen molar-refractivity contribution in [3.05, 3.63) is 28.8 Å². The first-order chi connectivity index (χ1) is 9.49. The highest BCUT2D eigenvalue weighted by Gasteiger charge is 2.22. The first-order valence-corrected chi connectivity index (χ1v) is 6.71. The Kier molecular flexibility index (Phi) is 4.13. The van der Waals surface area contributed by atoms with Crippen molar-refractivity contribution in [3.63, 3.8) is 0 Å². The molecule has 0 saturated carbocycles. The molecule has 110 valence electrons. The van der Waals surface area contributed by atoms with E-state index >= 15 is 0 Å². The number of rotatable bonds is 5. The minimum Gasteiger partial charge on any atom is -0.493 e. The number of ether oxygens (including phenoxy) is 1. The molecule has 6 heteroatoms. The van der Waals surface area contributed by atoms with E-state index < -0.39 is 0 Å². The van der Waals surface area contributed by atoms with Gasteiger partial charge < -0.3 is 10.1 Å². The molecule has 0 aliphatic heterocycles. The van der Waals surface area contributed by atoms with Gasteiger partial charge in [-0.1, -0.05) is 0 Å². The minimum atomic E-state index is 0.138. The zero-order chi connectivity index (χ0) is 14.9. The SMILES string of the molecule is CNC(Cc1c(C)nn(C)c1C)c1c(OC)cnn1C. The van der Waals surface area contributed by atoms with Crippen LogP contribution in [0, 0.1) is 13.8 Å². The van der Waals surface area contributed by atoms with Gasteiger partial charge in [0.2, 0.25) is 0 Å². The summed E-state index contributed by atoms with van der Waals surface area (Å²) in [5.74, 6) is 0.811. The quantitative estimate of drug-likeness (QED) is 0.894. The fraction of sp³-hybridized carbons (Fsp3) is 0.571. The lowest BCUT2D eigenvalue weighted by molar-refractivity contribution is 0.396. The number of aryl methyl sites for hydroxylation is 3. The maximum Gasteiger partial charge on any atom is 0.161 e. The van der Waals surface area contributed by atoms with Gasteiger partial charge in [0.15, 0.2) is 5.75 Å². The molecule has 2 aromatic rings. The van der Waals surface area contributed by atoms with Gasteiger partial charge in [0.05, 0.1) is 30.7 Å². The Morgan fingerprint density at radius 3 is 2.50 bits per heavy atom. The molecule has 0 amide bonds. The van der Waals surface area contributed by atoms with Gasteiger partial charge in [-0.2, -0.15) is 10.2 Å². The maximum absolute atomic E-state index is 5.41. The van der Waals surface area contributed by atoms with Crippen LogP contribution in [0.4, 0.5) is 0 Å². The standard InChI is InChI=1S/C14H23N5O/c1-9-11(10(2)18(4)17-9)7-12(15-3)14-13(20-6)8-16-19(14)5/h8,12,15H,7H2,1-6H3. The molecule has 0 aliphatic carbocycles. The number of hydrogen-bond acceptors (Lipinski definition) is 4. The van der Waals surface area contributed by atoms with E-state index in [1.54, 1.807) is 13.3 Å². The van der Waals surface area contributed by atoms with Gasteiger partial charge in [0.25, 0.3) is 0 Å². The van der Waals surface area contributed by atoms with E-state index in [1.807, 2.05) is 30.5 Å². The number of aromatic nitrogens is 4. The molecule has 1 N–H and O–H groups in total. The van der Waals surface area contributed by atoms with E-state index in [1.165, 1.54) is 11.3 Å². The summed E-state index contributed by atoms with van der Waals surface area (Å²) in [6, 6.07) is 0.138. The van der Waals surface area contributed by atoms with E-state index in [0.29, 0.717) is 0 Å². The van der Waals surface area contributed by atoms with Crippen molar-refractivity contribution in [2.24, 2.45) is 14.1 Å². The van der Waals surface area contributed by atoms with Crippen LogP contribution in [0.15, 0.2) is 6.20 Å². The molecule has 0 saturated heterocycles. The van der Waals surface area contributed by atoms with Crippen molar-refractivity contribution in [1.82, 2.24) is 24.9 Å². The van der Waals surface area contributed by atoms with Crippen LogP contribution in [-0.2, 0) is 20.5 Å². The largest absolute Gasteiger partial charge is 0.493 e. The van der Waals surface area contributed by atoms with E-state index in [9.17, 15) is 0 Å². The zero-order valence-electron chi connectivity index (χ0n) is 13.1. The van der Waals surface area contributed by atoms with Crippen LogP contribution in [0.2, 0.25) is 0 Å². The summed E-state index contributed by atoms with van der Waals surface area (Å²) in [4.78, 5) is 0. The first kappa shape index (κ1) is 14.6. The second-order valence-electron chi connectivity index (χ2n) is 5.04. The summed E-state index contributed by atoms with van der Waals surface area (Å²) < 4.78 is 9.20.